The molecule has 2 heterocycles. The van der Waals surface area contributed by atoms with Crippen molar-refractivity contribution in [3.05, 3.63) is 72.1 Å². The molecule has 0 aliphatic carbocycles. The number of hydrogen-bond acceptors (Lipinski definition) is 6. The van der Waals surface area contributed by atoms with E-state index in [1.54, 1.807) is 35.2 Å². The summed E-state index contributed by atoms with van der Waals surface area (Å²) >= 11 is 0. The molecule has 32 heavy (non-hydrogen) atoms. The normalized spacial score (nSPS) is 14.2. The highest BCUT2D eigenvalue weighted by molar-refractivity contribution is 6.06. The van der Waals surface area contributed by atoms with Crippen LogP contribution in [0, 0.1) is 5.92 Å². The van der Waals surface area contributed by atoms with Crippen molar-refractivity contribution in [2.24, 2.45) is 5.92 Å². The zero-order valence-electron chi connectivity index (χ0n) is 17.6. The Labute approximate surface area is 186 Å². The van der Waals surface area contributed by atoms with Gasteiger partial charge in [0.1, 0.15) is 0 Å². The number of carbonyl (C=O) groups excluding carboxylic acids is 2. The van der Waals surface area contributed by atoms with Crippen LogP contribution in [0.2, 0.25) is 0 Å². The van der Waals surface area contributed by atoms with Crippen molar-refractivity contribution in [1.82, 2.24) is 14.9 Å². The van der Waals surface area contributed by atoms with Crippen molar-refractivity contribution >= 4 is 23.3 Å². The first-order valence-electron chi connectivity index (χ1n) is 10.5. The van der Waals surface area contributed by atoms with Gasteiger partial charge in [0.25, 0.3) is 11.8 Å². The molecule has 1 saturated heterocycles. The van der Waals surface area contributed by atoms with E-state index in [4.69, 9.17) is 5.73 Å². The number of benzene rings is 2. The highest BCUT2D eigenvalue weighted by atomic mass is 16.3. The fraction of sp³-hybridized carbons (Fsp3) is 0.250. The SMILES string of the molecule is Nc1ncc(-c2cccc(C(=O)N3CCC(CO)CC3)c2)nc1C(=O)Nc1ccccc1. The molecule has 164 valence electrons. The molecule has 2 aromatic carbocycles. The quantitative estimate of drug-likeness (QED) is 0.571. The zero-order valence-corrected chi connectivity index (χ0v) is 17.6. The van der Waals surface area contributed by atoms with E-state index in [1.165, 1.54) is 6.20 Å². The number of carbonyl (C=O) groups is 2. The molecule has 1 aromatic heterocycles. The molecular weight excluding hydrogens is 406 g/mol. The van der Waals surface area contributed by atoms with Gasteiger partial charge in [0, 0.05) is 36.5 Å². The van der Waals surface area contributed by atoms with E-state index in [9.17, 15) is 14.7 Å². The topological polar surface area (TPSA) is 121 Å². The van der Waals surface area contributed by atoms with Crippen LogP contribution in [0.25, 0.3) is 11.3 Å². The minimum atomic E-state index is -0.456. The van der Waals surface area contributed by atoms with Crippen LogP contribution in [-0.2, 0) is 0 Å². The maximum Gasteiger partial charge on any atom is 0.278 e. The predicted molar refractivity (Wildman–Crippen MR) is 122 cm³/mol. The second-order valence-electron chi connectivity index (χ2n) is 7.81. The third-order valence-corrected chi connectivity index (χ3v) is 5.61. The van der Waals surface area contributed by atoms with Crippen LogP contribution in [0.15, 0.2) is 60.8 Å². The Bertz CT molecular complexity index is 1110. The lowest BCUT2D eigenvalue weighted by molar-refractivity contribution is 0.0651. The Kier molecular flexibility index (Phi) is 6.42. The maximum absolute atomic E-state index is 13.0. The van der Waals surface area contributed by atoms with Crippen LogP contribution in [-0.4, -0.2) is 51.5 Å². The van der Waals surface area contributed by atoms with Gasteiger partial charge in [-0.3, -0.25) is 9.59 Å². The summed E-state index contributed by atoms with van der Waals surface area (Å²) in [4.78, 5) is 36.0. The van der Waals surface area contributed by atoms with Gasteiger partial charge in [-0.1, -0.05) is 30.3 Å². The van der Waals surface area contributed by atoms with E-state index in [0.717, 1.165) is 12.8 Å². The fourth-order valence-electron chi connectivity index (χ4n) is 3.73. The summed E-state index contributed by atoms with van der Waals surface area (Å²) in [5.41, 5.74) is 8.22. The first-order chi connectivity index (χ1) is 15.5. The van der Waals surface area contributed by atoms with E-state index >= 15 is 0 Å². The summed E-state index contributed by atoms with van der Waals surface area (Å²) in [5, 5.41) is 12.1. The Balaban J connectivity index is 1.55. The second kappa shape index (κ2) is 9.57. The molecule has 8 nitrogen and oxygen atoms in total. The molecule has 0 bridgehead atoms. The number of nitrogen functional groups attached to an aromatic ring is 1. The van der Waals surface area contributed by atoms with Crippen molar-refractivity contribution in [3.8, 4) is 11.3 Å². The number of nitrogens with two attached hydrogens (primary N) is 1. The van der Waals surface area contributed by atoms with Gasteiger partial charge in [0.2, 0.25) is 0 Å². The Morgan fingerprint density at radius 3 is 2.56 bits per heavy atom. The van der Waals surface area contributed by atoms with E-state index in [-0.39, 0.29) is 29.9 Å². The predicted octanol–water partition coefficient (Wildman–Crippen LogP) is 2.82. The van der Waals surface area contributed by atoms with Crippen LogP contribution in [0.1, 0.15) is 33.7 Å². The number of aliphatic hydroxyl groups is 1. The van der Waals surface area contributed by atoms with Crippen molar-refractivity contribution in [2.75, 3.05) is 30.7 Å². The number of nitrogens with zero attached hydrogens (tertiary/aromatic N) is 3. The molecule has 0 saturated carbocycles. The van der Waals surface area contributed by atoms with Gasteiger partial charge in [0.15, 0.2) is 11.5 Å². The van der Waals surface area contributed by atoms with E-state index in [0.29, 0.717) is 35.6 Å². The molecule has 0 atom stereocenters. The first-order valence-corrected chi connectivity index (χ1v) is 10.5. The van der Waals surface area contributed by atoms with Crippen molar-refractivity contribution in [1.29, 1.82) is 0 Å². The monoisotopic (exact) mass is 431 g/mol. The van der Waals surface area contributed by atoms with E-state index in [2.05, 4.69) is 15.3 Å². The van der Waals surface area contributed by atoms with Gasteiger partial charge in [-0.15, -0.1) is 0 Å². The molecule has 0 radical (unpaired) electrons. The lowest BCUT2D eigenvalue weighted by Gasteiger charge is -2.31. The zero-order chi connectivity index (χ0) is 22.5. The summed E-state index contributed by atoms with van der Waals surface area (Å²) in [6.07, 6.45) is 3.08. The largest absolute Gasteiger partial charge is 0.396 e. The number of para-hydroxylation sites is 1. The molecule has 8 heteroatoms. The number of nitrogens with one attached hydrogen (secondary N) is 1. The number of piperidine rings is 1. The minimum absolute atomic E-state index is 0.0224. The fourth-order valence-corrected chi connectivity index (χ4v) is 3.73. The average Bonchev–Trinajstić information content (AvgIpc) is 2.84. The molecule has 4 rings (SSSR count). The molecule has 0 spiro atoms. The summed E-state index contributed by atoms with van der Waals surface area (Å²) in [6.45, 7) is 1.41. The van der Waals surface area contributed by atoms with Gasteiger partial charge in [-0.05, 0) is 43.0 Å². The van der Waals surface area contributed by atoms with Crippen LogP contribution in [0.4, 0.5) is 11.5 Å². The van der Waals surface area contributed by atoms with Gasteiger partial charge >= 0.3 is 0 Å². The van der Waals surface area contributed by atoms with Crippen molar-refractivity contribution in [3.63, 3.8) is 0 Å². The first kappa shape index (κ1) is 21.5. The van der Waals surface area contributed by atoms with Gasteiger partial charge in [-0.25, -0.2) is 9.97 Å². The smallest absolute Gasteiger partial charge is 0.278 e. The maximum atomic E-state index is 13.0. The highest BCUT2D eigenvalue weighted by Gasteiger charge is 2.23. The number of likely N-dealkylation sites (tertiary alicyclic amines) is 1. The highest BCUT2D eigenvalue weighted by Crippen LogP contribution is 2.23. The molecular formula is C24H25N5O3. The molecule has 3 aromatic rings. The number of amides is 2. The Hall–Kier alpha value is -3.78. The van der Waals surface area contributed by atoms with Gasteiger partial charge < -0.3 is 21.1 Å². The summed E-state index contributed by atoms with van der Waals surface area (Å²) < 4.78 is 0. The van der Waals surface area contributed by atoms with Crippen LogP contribution in [0.5, 0.6) is 0 Å². The number of aromatic nitrogens is 2. The van der Waals surface area contributed by atoms with Gasteiger partial charge in [-0.2, -0.15) is 0 Å². The Morgan fingerprint density at radius 2 is 1.84 bits per heavy atom. The van der Waals surface area contributed by atoms with Crippen molar-refractivity contribution in [2.45, 2.75) is 12.8 Å². The third kappa shape index (κ3) is 4.76. The lowest BCUT2D eigenvalue weighted by Crippen LogP contribution is -2.39. The molecule has 2 amide bonds. The van der Waals surface area contributed by atoms with Gasteiger partial charge in [0.05, 0.1) is 11.9 Å². The number of anilines is 2. The standard InChI is InChI=1S/C24H25N5O3/c25-22-21(23(31)27-19-7-2-1-3-8-19)28-20(14-26-22)17-5-4-6-18(13-17)24(32)29-11-9-16(15-30)10-12-29/h1-8,13-14,16,30H,9-12,15H2,(H2,25,26)(H,27,31). The lowest BCUT2D eigenvalue weighted by atomic mass is 9.97. The molecule has 1 fully saturated rings. The summed E-state index contributed by atoms with van der Waals surface area (Å²) in [6, 6.07) is 16.1. The second-order valence-corrected chi connectivity index (χ2v) is 7.81. The molecule has 1 aliphatic heterocycles. The Morgan fingerprint density at radius 1 is 1.09 bits per heavy atom. The number of aliphatic hydroxyl groups excluding tert-OH is 1. The molecule has 0 unspecified atom stereocenters. The third-order valence-electron chi connectivity index (χ3n) is 5.61. The number of hydrogen-bond donors (Lipinski definition) is 3. The van der Waals surface area contributed by atoms with Crippen molar-refractivity contribution < 1.29 is 14.7 Å². The summed E-state index contributed by atoms with van der Waals surface area (Å²) in [7, 11) is 0. The van der Waals surface area contributed by atoms with E-state index in [1.807, 2.05) is 24.3 Å². The van der Waals surface area contributed by atoms with Crippen LogP contribution < -0.4 is 11.1 Å². The van der Waals surface area contributed by atoms with E-state index < -0.39 is 5.91 Å². The average molecular weight is 431 g/mol. The summed E-state index contributed by atoms with van der Waals surface area (Å²) in [5.74, 6) is -0.229. The van der Waals surface area contributed by atoms with Crippen LogP contribution in [0.3, 0.4) is 0 Å². The molecule has 4 N–H and O–H groups in total. The minimum Gasteiger partial charge on any atom is -0.396 e. The van der Waals surface area contributed by atoms with Crippen LogP contribution >= 0.6 is 0 Å². The molecule has 1 aliphatic rings. The number of rotatable bonds is 5.